The lowest BCUT2D eigenvalue weighted by Gasteiger charge is -2.29. The molecule has 2 atom stereocenters. The molecule has 2 aromatic carbocycles. The number of rotatable bonds is 4. The van der Waals surface area contributed by atoms with Gasteiger partial charge in [0, 0.05) is 8.90 Å². The normalized spacial score (nSPS) is 19.0. The highest BCUT2D eigenvalue weighted by Gasteiger charge is 2.24. The van der Waals surface area contributed by atoms with Crippen molar-refractivity contribution in [2.75, 3.05) is 4.43 Å². The number of hydrogen-bond donors (Lipinski definition) is 0. The number of fused-ring (bicyclic) bond motifs is 1. The monoisotopic (exact) mass is 456 g/mol. The van der Waals surface area contributed by atoms with Crippen molar-refractivity contribution in [2.45, 2.75) is 31.5 Å². The first-order valence-electron chi connectivity index (χ1n) is 7.33. The van der Waals surface area contributed by atoms with Crippen LogP contribution in [0.1, 0.15) is 41.7 Å². The fraction of sp³-hybridized carbons (Fsp3) is 0.333. The van der Waals surface area contributed by atoms with E-state index in [1.807, 2.05) is 6.07 Å². The second kappa shape index (κ2) is 7.25. The number of benzene rings is 2. The molecule has 21 heavy (non-hydrogen) atoms. The summed E-state index contributed by atoms with van der Waals surface area (Å²) < 4.78 is 8.59. The van der Waals surface area contributed by atoms with Crippen molar-refractivity contribution in [3.63, 3.8) is 0 Å². The standard InChI is InChI=1S/C18H18BrIO/c19-16-10-4-3-9-15(16)18(12-20)21-17-11-5-7-13-6-1-2-8-14(13)17/h1-4,6,8-10,17-18H,5,7,11-12H2. The maximum atomic E-state index is 6.50. The number of halogens is 2. The second-order valence-electron chi connectivity index (χ2n) is 5.38. The highest BCUT2D eigenvalue weighted by atomic mass is 127. The predicted molar refractivity (Wildman–Crippen MR) is 99.0 cm³/mol. The van der Waals surface area contributed by atoms with E-state index in [1.54, 1.807) is 0 Å². The van der Waals surface area contributed by atoms with Crippen molar-refractivity contribution in [3.05, 3.63) is 69.7 Å². The van der Waals surface area contributed by atoms with E-state index in [4.69, 9.17) is 4.74 Å². The maximum absolute atomic E-state index is 6.50. The molecule has 0 amide bonds. The van der Waals surface area contributed by atoms with Crippen LogP contribution in [0.25, 0.3) is 0 Å². The highest BCUT2D eigenvalue weighted by molar-refractivity contribution is 14.1. The average Bonchev–Trinajstić information content (AvgIpc) is 2.53. The van der Waals surface area contributed by atoms with Crippen molar-refractivity contribution in [1.29, 1.82) is 0 Å². The number of ether oxygens (including phenoxy) is 1. The molecule has 110 valence electrons. The summed E-state index contributed by atoms with van der Waals surface area (Å²) in [6.07, 6.45) is 3.87. The summed E-state index contributed by atoms with van der Waals surface area (Å²) in [6, 6.07) is 17.1. The molecule has 0 saturated heterocycles. The molecule has 0 saturated carbocycles. The molecule has 0 radical (unpaired) electrons. The topological polar surface area (TPSA) is 9.23 Å². The van der Waals surface area contributed by atoms with Gasteiger partial charge in [0.25, 0.3) is 0 Å². The van der Waals surface area contributed by atoms with Gasteiger partial charge in [-0.2, -0.15) is 0 Å². The number of alkyl halides is 1. The third kappa shape index (κ3) is 3.51. The van der Waals surface area contributed by atoms with Crippen LogP contribution in [-0.4, -0.2) is 4.43 Å². The summed E-state index contributed by atoms with van der Waals surface area (Å²) in [7, 11) is 0. The van der Waals surface area contributed by atoms with Gasteiger partial charge in [-0.05, 0) is 42.0 Å². The Bertz CT molecular complexity index is 614. The quantitative estimate of drug-likeness (QED) is 0.403. The van der Waals surface area contributed by atoms with Gasteiger partial charge in [0.1, 0.15) is 0 Å². The third-order valence-corrected chi connectivity index (χ3v) is 5.56. The van der Waals surface area contributed by atoms with Crippen molar-refractivity contribution < 1.29 is 4.74 Å². The van der Waals surface area contributed by atoms with Gasteiger partial charge in [0.2, 0.25) is 0 Å². The Morgan fingerprint density at radius 2 is 1.90 bits per heavy atom. The Kier molecular flexibility index (Phi) is 5.35. The zero-order chi connectivity index (χ0) is 14.7. The Morgan fingerprint density at radius 1 is 1.14 bits per heavy atom. The van der Waals surface area contributed by atoms with Gasteiger partial charge in [-0.15, -0.1) is 0 Å². The van der Waals surface area contributed by atoms with Crippen molar-refractivity contribution >= 4 is 38.5 Å². The second-order valence-corrected chi connectivity index (χ2v) is 7.12. The van der Waals surface area contributed by atoms with Crippen LogP contribution >= 0.6 is 38.5 Å². The van der Waals surface area contributed by atoms with Crippen molar-refractivity contribution in [3.8, 4) is 0 Å². The minimum atomic E-state index is 0.136. The van der Waals surface area contributed by atoms with Crippen LogP contribution in [0, 0.1) is 0 Å². The summed E-state index contributed by atoms with van der Waals surface area (Å²) in [6.45, 7) is 0. The maximum Gasteiger partial charge on any atom is 0.0933 e. The molecule has 0 spiro atoms. The molecule has 0 heterocycles. The fourth-order valence-electron chi connectivity index (χ4n) is 2.98. The lowest BCUT2D eigenvalue weighted by Crippen LogP contribution is -2.17. The van der Waals surface area contributed by atoms with Crippen LogP contribution in [0.3, 0.4) is 0 Å². The van der Waals surface area contributed by atoms with E-state index in [0.29, 0.717) is 0 Å². The molecule has 2 aromatic rings. The molecule has 1 nitrogen and oxygen atoms in total. The molecule has 1 aliphatic rings. The smallest absolute Gasteiger partial charge is 0.0933 e. The first-order chi connectivity index (χ1) is 10.3. The molecule has 0 aliphatic heterocycles. The largest absolute Gasteiger partial charge is 0.365 e. The molecule has 2 unspecified atom stereocenters. The molecule has 0 fully saturated rings. The Morgan fingerprint density at radius 3 is 2.71 bits per heavy atom. The summed E-state index contributed by atoms with van der Waals surface area (Å²) in [4.78, 5) is 0. The molecule has 0 N–H and O–H groups in total. The number of aryl methyl sites for hydroxylation is 1. The molecule has 3 rings (SSSR count). The van der Waals surface area contributed by atoms with E-state index in [-0.39, 0.29) is 12.2 Å². The molecular weight excluding hydrogens is 439 g/mol. The highest BCUT2D eigenvalue weighted by Crippen LogP contribution is 2.38. The number of hydrogen-bond acceptors (Lipinski definition) is 1. The molecule has 0 aromatic heterocycles. The molecular formula is C18H18BrIO. The van der Waals surface area contributed by atoms with Gasteiger partial charge in [-0.1, -0.05) is 81.0 Å². The summed E-state index contributed by atoms with van der Waals surface area (Å²) in [5.74, 6) is 0. The third-order valence-electron chi connectivity index (χ3n) is 4.04. The van der Waals surface area contributed by atoms with E-state index < -0.39 is 0 Å². The Labute approximate surface area is 148 Å². The predicted octanol–water partition coefficient (Wildman–Crippen LogP) is 6.02. The Balaban J connectivity index is 1.84. The van der Waals surface area contributed by atoms with Gasteiger partial charge in [-0.3, -0.25) is 0 Å². The minimum Gasteiger partial charge on any atom is -0.365 e. The zero-order valence-electron chi connectivity index (χ0n) is 11.8. The Hall–Kier alpha value is -0.390. The summed E-state index contributed by atoms with van der Waals surface area (Å²) in [5.41, 5.74) is 4.08. The zero-order valence-corrected chi connectivity index (χ0v) is 15.5. The minimum absolute atomic E-state index is 0.136. The lowest BCUT2D eigenvalue weighted by atomic mass is 9.89. The van der Waals surface area contributed by atoms with E-state index in [2.05, 4.69) is 81.0 Å². The van der Waals surface area contributed by atoms with Crippen molar-refractivity contribution in [1.82, 2.24) is 0 Å². The van der Waals surface area contributed by atoms with Gasteiger partial charge in [0.15, 0.2) is 0 Å². The fourth-order valence-corrected chi connectivity index (χ4v) is 4.20. The van der Waals surface area contributed by atoms with Gasteiger partial charge in [0.05, 0.1) is 12.2 Å². The van der Waals surface area contributed by atoms with Gasteiger partial charge in [-0.25, -0.2) is 0 Å². The van der Waals surface area contributed by atoms with Crippen LogP contribution < -0.4 is 0 Å². The SMILES string of the molecule is Brc1ccccc1C(CI)OC1CCCc2ccccc21. The van der Waals surface area contributed by atoms with E-state index in [9.17, 15) is 0 Å². The van der Waals surface area contributed by atoms with E-state index in [0.717, 1.165) is 15.3 Å². The first kappa shape index (κ1) is 15.5. The molecule has 0 bridgehead atoms. The summed E-state index contributed by atoms with van der Waals surface area (Å²) in [5, 5.41) is 0. The van der Waals surface area contributed by atoms with Crippen LogP contribution in [-0.2, 0) is 11.2 Å². The van der Waals surface area contributed by atoms with Crippen LogP contribution in [0.2, 0.25) is 0 Å². The van der Waals surface area contributed by atoms with Crippen LogP contribution in [0.15, 0.2) is 53.0 Å². The molecule has 1 aliphatic carbocycles. The van der Waals surface area contributed by atoms with E-state index >= 15 is 0 Å². The van der Waals surface area contributed by atoms with Crippen LogP contribution in [0.4, 0.5) is 0 Å². The first-order valence-corrected chi connectivity index (χ1v) is 9.65. The van der Waals surface area contributed by atoms with Crippen molar-refractivity contribution in [2.24, 2.45) is 0 Å². The van der Waals surface area contributed by atoms with E-state index in [1.165, 1.54) is 29.5 Å². The van der Waals surface area contributed by atoms with Gasteiger partial charge < -0.3 is 4.74 Å². The van der Waals surface area contributed by atoms with Gasteiger partial charge >= 0.3 is 0 Å². The van der Waals surface area contributed by atoms with Crippen LogP contribution in [0.5, 0.6) is 0 Å². The average molecular weight is 457 g/mol. The lowest BCUT2D eigenvalue weighted by molar-refractivity contribution is -0.0104. The summed E-state index contributed by atoms with van der Waals surface area (Å²) >= 11 is 6.07. The molecule has 3 heteroatoms.